The van der Waals surface area contributed by atoms with Gasteiger partial charge in [0.05, 0.1) is 42.1 Å². The molecule has 0 spiro atoms. The number of hydrogen-bond acceptors (Lipinski definition) is 4. The lowest BCUT2D eigenvalue weighted by atomic mass is 10.4. The molecule has 5 heteroatoms. The van der Waals surface area contributed by atoms with E-state index in [4.69, 9.17) is 5.11 Å². The lowest BCUT2D eigenvalue weighted by Crippen LogP contribution is -2.03. The lowest BCUT2D eigenvalue weighted by Gasteiger charge is -2.02. The highest BCUT2D eigenvalue weighted by atomic mass is 32.1. The van der Waals surface area contributed by atoms with Crippen molar-refractivity contribution >= 4 is 11.3 Å². The van der Waals surface area contributed by atoms with Crippen molar-refractivity contribution in [3.63, 3.8) is 0 Å². The van der Waals surface area contributed by atoms with E-state index in [0.29, 0.717) is 6.54 Å². The molecule has 4 nitrogen and oxygen atoms in total. The van der Waals surface area contributed by atoms with Gasteiger partial charge in [0.25, 0.3) is 0 Å². The number of hydrogen-bond donors (Lipinski definition) is 1. The molecule has 74 valence electrons. The number of aliphatic hydroxyl groups excluding tert-OH is 1. The molecule has 0 bridgehead atoms. The first-order valence-corrected chi connectivity index (χ1v) is 5.18. The second-order valence-corrected chi connectivity index (χ2v) is 4.09. The summed E-state index contributed by atoms with van der Waals surface area (Å²) in [6.07, 6.45) is 3.37. The molecule has 2 aromatic rings. The van der Waals surface area contributed by atoms with Gasteiger partial charge in [0.1, 0.15) is 0 Å². The quantitative estimate of drug-likeness (QED) is 0.826. The summed E-state index contributed by atoms with van der Waals surface area (Å²) in [6, 6.07) is 0. The fraction of sp³-hybridized carbons (Fsp3) is 0.333. The van der Waals surface area contributed by atoms with Gasteiger partial charge in [-0.05, 0) is 6.92 Å². The van der Waals surface area contributed by atoms with Crippen molar-refractivity contribution in [1.29, 1.82) is 0 Å². The summed E-state index contributed by atoms with van der Waals surface area (Å²) in [5.74, 6) is 0. The Balaban J connectivity index is 2.18. The highest BCUT2D eigenvalue weighted by Gasteiger charge is 2.03. The Bertz CT molecular complexity index is 421. The summed E-state index contributed by atoms with van der Waals surface area (Å²) in [6.45, 7) is 2.68. The molecule has 0 aliphatic rings. The summed E-state index contributed by atoms with van der Waals surface area (Å²) in [5.41, 5.74) is 1.83. The monoisotopic (exact) mass is 209 g/mol. The highest BCUT2D eigenvalue weighted by molar-refractivity contribution is 7.09. The van der Waals surface area contributed by atoms with Crippen molar-refractivity contribution in [2.75, 3.05) is 0 Å². The average Bonchev–Trinajstić information content (AvgIpc) is 2.76. The molecule has 0 unspecified atom stereocenters. The number of thiazole rings is 1. The summed E-state index contributed by atoms with van der Waals surface area (Å²) < 4.78 is 1.90. The highest BCUT2D eigenvalue weighted by Crippen LogP contribution is 2.10. The smallest absolute Gasteiger partial charge is 0.0952 e. The third-order valence-corrected chi connectivity index (χ3v) is 2.78. The van der Waals surface area contributed by atoms with Crippen molar-refractivity contribution in [2.45, 2.75) is 20.1 Å². The minimum Gasteiger partial charge on any atom is -0.390 e. The van der Waals surface area contributed by atoms with Crippen LogP contribution in [0.2, 0.25) is 0 Å². The normalized spacial score (nSPS) is 10.7. The SMILES string of the molecule is Cc1nc(Cn2cncc2CO)cs1. The maximum Gasteiger partial charge on any atom is 0.0952 e. The van der Waals surface area contributed by atoms with E-state index in [2.05, 4.69) is 9.97 Å². The van der Waals surface area contributed by atoms with Gasteiger partial charge >= 0.3 is 0 Å². The largest absolute Gasteiger partial charge is 0.390 e. The molecule has 2 heterocycles. The van der Waals surface area contributed by atoms with Crippen LogP contribution in [0.25, 0.3) is 0 Å². The van der Waals surface area contributed by atoms with Gasteiger partial charge in [-0.3, -0.25) is 0 Å². The maximum absolute atomic E-state index is 9.01. The van der Waals surface area contributed by atoms with E-state index in [1.807, 2.05) is 16.9 Å². The molecule has 2 aromatic heterocycles. The summed E-state index contributed by atoms with van der Waals surface area (Å²) >= 11 is 1.63. The first-order valence-electron chi connectivity index (χ1n) is 4.30. The van der Waals surface area contributed by atoms with E-state index < -0.39 is 0 Å². The molecule has 0 fully saturated rings. The number of aryl methyl sites for hydroxylation is 1. The van der Waals surface area contributed by atoms with E-state index in [9.17, 15) is 0 Å². The molecule has 0 aromatic carbocycles. The van der Waals surface area contributed by atoms with E-state index in [1.165, 1.54) is 0 Å². The molecule has 0 aliphatic carbocycles. The zero-order chi connectivity index (χ0) is 9.97. The maximum atomic E-state index is 9.01. The molecule has 0 aliphatic heterocycles. The minimum atomic E-state index is 0.0170. The van der Waals surface area contributed by atoms with Crippen LogP contribution >= 0.6 is 11.3 Å². The van der Waals surface area contributed by atoms with Crippen LogP contribution in [0.15, 0.2) is 17.9 Å². The van der Waals surface area contributed by atoms with Gasteiger partial charge in [0.2, 0.25) is 0 Å². The number of imidazole rings is 1. The fourth-order valence-electron chi connectivity index (χ4n) is 1.28. The van der Waals surface area contributed by atoms with Crippen LogP contribution in [0.4, 0.5) is 0 Å². The average molecular weight is 209 g/mol. The Hall–Kier alpha value is -1.20. The summed E-state index contributed by atoms with van der Waals surface area (Å²) in [7, 11) is 0. The number of nitrogens with zero attached hydrogens (tertiary/aromatic N) is 3. The first kappa shape index (κ1) is 9.36. The topological polar surface area (TPSA) is 50.9 Å². The molecule has 0 saturated heterocycles. The van der Waals surface area contributed by atoms with Gasteiger partial charge in [0, 0.05) is 5.38 Å². The molecule has 0 amide bonds. The molecule has 0 saturated carbocycles. The standard InChI is InChI=1S/C9H11N3OS/c1-7-11-8(5-14-7)3-12-6-10-2-9(12)4-13/h2,5-6,13H,3-4H2,1H3. The predicted octanol–water partition coefficient (Wildman–Crippen LogP) is 1.19. The molecule has 0 radical (unpaired) electrons. The Morgan fingerprint density at radius 2 is 2.43 bits per heavy atom. The third kappa shape index (κ3) is 1.83. The molecule has 1 N–H and O–H groups in total. The number of aliphatic hydroxyl groups is 1. The Kier molecular flexibility index (Phi) is 2.60. The van der Waals surface area contributed by atoms with Crippen molar-refractivity contribution < 1.29 is 5.11 Å². The second kappa shape index (κ2) is 3.89. The van der Waals surface area contributed by atoms with E-state index in [1.54, 1.807) is 23.9 Å². The first-order chi connectivity index (χ1) is 6.79. The Morgan fingerprint density at radius 1 is 1.57 bits per heavy atom. The van der Waals surface area contributed by atoms with Gasteiger partial charge in [0.15, 0.2) is 0 Å². The lowest BCUT2D eigenvalue weighted by molar-refractivity contribution is 0.271. The summed E-state index contributed by atoms with van der Waals surface area (Å²) in [5, 5.41) is 12.1. The van der Waals surface area contributed by atoms with Crippen molar-refractivity contribution in [2.24, 2.45) is 0 Å². The summed E-state index contributed by atoms with van der Waals surface area (Å²) in [4.78, 5) is 8.32. The fourth-order valence-corrected chi connectivity index (χ4v) is 1.88. The third-order valence-electron chi connectivity index (χ3n) is 1.96. The van der Waals surface area contributed by atoms with Crippen LogP contribution in [-0.4, -0.2) is 19.6 Å². The molecule has 2 rings (SSSR count). The van der Waals surface area contributed by atoms with E-state index >= 15 is 0 Å². The van der Waals surface area contributed by atoms with Gasteiger partial charge in [-0.25, -0.2) is 9.97 Å². The van der Waals surface area contributed by atoms with Crippen LogP contribution in [0.3, 0.4) is 0 Å². The second-order valence-electron chi connectivity index (χ2n) is 3.03. The molecular formula is C9H11N3OS. The van der Waals surface area contributed by atoms with Gasteiger partial charge in [-0.15, -0.1) is 11.3 Å². The van der Waals surface area contributed by atoms with Gasteiger partial charge in [-0.1, -0.05) is 0 Å². The van der Waals surface area contributed by atoms with Crippen molar-refractivity contribution in [3.8, 4) is 0 Å². The zero-order valence-electron chi connectivity index (χ0n) is 7.84. The Labute approximate surface area is 85.9 Å². The van der Waals surface area contributed by atoms with Crippen LogP contribution in [0.5, 0.6) is 0 Å². The molecule has 14 heavy (non-hydrogen) atoms. The van der Waals surface area contributed by atoms with Gasteiger partial charge in [-0.2, -0.15) is 0 Å². The van der Waals surface area contributed by atoms with Crippen molar-refractivity contribution in [1.82, 2.24) is 14.5 Å². The van der Waals surface area contributed by atoms with Crippen LogP contribution in [0.1, 0.15) is 16.4 Å². The van der Waals surface area contributed by atoms with Crippen LogP contribution in [-0.2, 0) is 13.2 Å². The van der Waals surface area contributed by atoms with Crippen molar-refractivity contribution in [3.05, 3.63) is 34.3 Å². The predicted molar refractivity (Wildman–Crippen MR) is 54.1 cm³/mol. The molecular weight excluding hydrogens is 198 g/mol. The van der Waals surface area contributed by atoms with Crippen LogP contribution < -0.4 is 0 Å². The molecule has 0 atom stereocenters. The van der Waals surface area contributed by atoms with E-state index in [-0.39, 0.29) is 6.61 Å². The zero-order valence-corrected chi connectivity index (χ0v) is 8.66. The Morgan fingerprint density at radius 3 is 3.07 bits per heavy atom. The number of rotatable bonds is 3. The van der Waals surface area contributed by atoms with Crippen LogP contribution in [0, 0.1) is 6.92 Å². The number of aromatic nitrogens is 3. The van der Waals surface area contributed by atoms with Gasteiger partial charge < -0.3 is 9.67 Å². The minimum absolute atomic E-state index is 0.0170. The van der Waals surface area contributed by atoms with E-state index in [0.717, 1.165) is 16.4 Å².